The van der Waals surface area contributed by atoms with Crippen LogP contribution in [0, 0.1) is 13.8 Å². The van der Waals surface area contributed by atoms with Gasteiger partial charge in [-0.25, -0.2) is 9.78 Å². The molecule has 2 heterocycles. The zero-order chi connectivity index (χ0) is 20.3. The van der Waals surface area contributed by atoms with Crippen molar-refractivity contribution in [3.63, 3.8) is 0 Å². The van der Waals surface area contributed by atoms with E-state index in [1.807, 2.05) is 20.8 Å². The van der Waals surface area contributed by atoms with Crippen molar-refractivity contribution in [2.24, 2.45) is 0 Å². The Hall–Kier alpha value is -3.00. The highest BCUT2D eigenvalue weighted by atomic mass is 32.1. The Morgan fingerprint density at radius 3 is 2.61 bits per heavy atom. The molecule has 7 nitrogen and oxygen atoms in total. The van der Waals surface area contributed by atoms with E-state index in [-0.39, 0.29) is 18.0 Å². The summed E-state index contributed by atoms with van der Waals surface area (Å²) >= 11 is 1.47. The number of hydrogen-bond acceptors (Lipinski definition) is 6. The normalized spacial score (nSPS) is 10.8. The number of rotatable bonds is 6. The Bertz CT molecular complexity index is 1080. The monoisotopic (exact) mass is 399 g/mol. The van der Waals surface area contributed by atoms with Crippen LogP contribution in [0.1, 0.15) is 34.1 Å². The SMILES string of the molecule is CCCOC(=O)c1ccc(NC(=O)Cn2cnc3sc(C)c(C)c3c2=O)cc1. The number of ether oxygens (including phenoxy) is 1. The van der Waals surface area contributed by atoms with Gasteiger partial charge in [0, 0.05) is 10.6 Å². The lowest BCUT2D eigenvalue weighted by atomic mass is 10.2. The lowest BCUT2D eigenvalue weighted by Crippen LogP contribution is -2.27. The van der Waals surface area contributed by atoms with Gasteiger partial charge in [-0.3, -0.25) is 14.2 Å². The fourth-order valence-electron chi connectivity index (χ4n) is 2.71. The number of carbonyl (C=O) groups is 2. The Morgan fingerprint density at radius 2 is 1.93 bits per heavy atom. The lowest BCUT2D eigenvalue weighted by molar-refractivity contribution is -0.116. The van der Waals surface area contributed by atoms with Gasteiger partial charge >= 0.3 is 5.97 Å². The van der Waals surface area contributed by atoms with Crippen molar-refractivity contribution in [3.8, 4) is 0 Å². The molecule has 146 valence electrons. The number of amides is 1. The molecule has 0 aliphatic rings. The molecule has 0 aliphatic carbocycles. The molecule has 0 atom stereocenters. The molecule has 0 bridgehead atoms. The van der Waals surface area contributed by atoms with Gasteiger partial charge in [-0.2, -0.15) is 0 Å². The van der Waals surface area contributed by atoms with Crippen molar-refractivity contribution < 1.29 is 14.3 Å². The number of aromatic nitrogens is 2. The van der Waals surface area contributed by atoms with E-state index in [1.165, 1.54) is 22.2 Å². The zero-order valence-electron chi connectivity index (χ0n) is 15.9. The molecule has 0 spiro atoms. The summed E-state index contributed by atoms with van der Waals surface area (Å²) in [5, 5.41) is 3.28. The summed E-state index contributed by atoms with van der Waals surface area (Å²) in [4.78, 5) is 42.8. The molecule has 28 heavy (non-hydrogen) atoms. The molecule has 1 N–H and O–H groups in total. The topological polar surface area (TPSA) is 90.3 Å². The number of esters is 1. The number of carbonyl (C=O) groups excluding carboxylic acids is 2. The standard InChI is InChI=1S/C20H21N3O4S/c1-4-9-27-20(26)14-5-7-15(8-6-14)22-16(24)10-23-11-21-18-17(19(23)25)12(2)13(3)28-18/h5-8,11H,4,9-10H2,1-3H3,(H,22,24). The van der Waals surface area contributed by atoms with Gasteiger partial charge in [0.15, 0.2) is 0 Å². The van der Waals surface area contributed by atoms with Gasteiger partial charge in [0.1, 0.15) is 11.4 Å². The third-order valence-corrected chi connectivity index (χ3v) is 5.43. The van der Waals surface area contributed by atoms with E-state index in [0.29, 0.717) is 28.1 Å². The first kappa shape index (κ1) is 19.8. The van der Waals surface area contributed by atoms with Crippen LogP contribution < -0.4 is 10.9 Å². The smallest absolute Gasteiger partial charge is 0.338 e. The number of benzene rings is 1. The number of nitrogens with one attached hydrogen (secondary N) is 1. The van der Waals surface area contributed by atoms with Crippen molar-refractivity contribution in [1.29, 1.82) is 0 Å². The van der Waals surface area contributed by atoms with Crippen molar-refractivity contribution in [1.82, 2.24) is 9.55 Å². The lowest BCUT2D eigenvalue weighted by Gasteiger charge is -2.08. The summed E-state index contributed by atoms with van der Waals surface area (Å²) in [5.41, 5.74) is 1.62. The van der Waals surface area contributed by atoms with Crippen molar-refractivity contribution in [3.05, 3.63) is 57.0 Å². The quantitative estimate of drug-likeness (QED) is 0.643. The van der Waals surface area contributed by atoms with Gasteiger partial charge in [0.05, 0.1) is 23.9 Å². The number of thiophene rings is 1. The Kier molecular flexibility index (Phi) is 5.89. The molecule has 8 heteroatoms. The number of fused-ring (bicyclic) bond motifs is 1. The fourth-order valence-corrected chi connectivity index (χ4v) is 3.69. The van der Waals surface area contributed by atoms with Crippen LogP contribution in [0.2, 0.25) is 0 Å². The van der Waals surface area contributed by atoms with E-state index in [4.69, 9.17) is 4.74 Å². The van der Waals surface area contributed by atoms with E-state index in [1.54, 1.807) is 24.3 Å². The minimum atomic E-state index is -0.396. The molecule has 1 aromatic carbocycles. The average Bonchev–Trinajstić information content (AvgIpc) is 2.97. The van der Waals surface area contributed by atoms with E-state index < -0.39 is 5.97 Å². The first-order valence-electron chi connectivity index (χ1n) is 8.93. The summed E-state index contributed by atoms with van der Waals surface area (Å²) < 4.78 is 6.37. The Labute approximate surface area is 166 Å². The molecular formula is C20H21N3O4S. The molecule has 1 amide bonds. The Balaban J connectivity index is 1.70. The maximum absolute atomic E-state index is 12.7. The Morgan fingerprint density at radius 1 is 1.21 bits per heavy atom. The second-order valence-electron chi connectivity index (χ2n) is 6.40. The highest BCUT2D eigenvalue weighted by molar-refractivity contribution is 7.18. The number of nitrogens with zero attached hydrogens (tertiary/aromatic N) is 2. The zero-order valence-corrected chi connectivity index (χ0v) is 16.8. The summed E-state index contributed by atoms with van der Waals surface area (Å²) in [6.45, 7) is 5.98. The van der Waals surface area contributed by atoms with Crippen LogP contribution in [0.4, 0.5) is 5.69 Å². The molecule has 0 radical (unpaired) electrons. The fraction of sp³-hybridized carbons (Fsp3) is 0.300. The second-order valence-corrected chi connectivity index (χ2v) is 7.61. The third kappa shape index (κ3) is 4.12. The van der Waals surface area contributed by atoms with Gasteiger partial charge in [0.2, 0.25) is 5.91 Å². The minimum absolute atomic E-state index is 0.142. The van der Waals surface area contributed by atoms with Crippen LogP contribution in [-0.2, 0) is 16.1 Å². The van der Waals surface area contributed by atoms with Crippen LogP contribution in [0.3, 0.4) is 0 Å². The van der Waals surface area contributed by atoms with Crippen LogP contribution in [0.5, 0.6) is 0 Å². The van der Waals surface area contributed by atoms with Gasteiger partial charge in [-0.1, -0.05) is 6.92 Å². The number of aryl methyl sites for hydroxylation is 2. The molecule has 0 aliphatic heterocycles. The maximum atomic E-state index is 12.7. The van der Waals surface area contributed by atoms with Crippen LogP contribution in [-0.4, -0.2) is 28.0 Å². The van der Waals surface area contributed by atoms with E-state index in [0.717, 1.165) is 16.9 Å². The summed E-state index contributed by atoms with van der Waals surface area (Å²) in [5.74, 6) is -0.749. The van der Waals surface area contributed by atoms with Crippen LogP contribution >= 0.6 is 11.3 Å². The molecule has 3 rings (SSSR count). The first-order valence-corrected chi connectivity index (χ1v) is 9.74. The maximum Gasteiger partial charge on any atom is 0.338 e. The predicted molar refractivity (Wildman–Crippen MR) is 109 cm³/mol. The predicted octanol–water partition coefficient (Wildman–Crippen LogP) is 3.28. The average molecular weight is 399 g/mol. The van der Waals surface area contributed by atoms with Crippen molar-refractivity contribution in [2.75, 3.05) is 11.9 Å². The summed E-state index contributed by atoms with van der Waals surface area (Å²) in [6, 6.07) is 6.42. The summed E-state index contributed by atoms with van der Waals surface area (Å²) in [6.07, 6.45) is 2.15. The van der Waals surface area contributed by atoms with E-state index in [2.05, 4.69) is 10.3 Å². The van der Waals surface area contributed by atoms with Crippen LogP contribution in [0.25, 0.3) is 10.2 Å². The number of hydrogen-bond donors (Lipinski definition) is 1. The highest BCUT2D eigenvalue weighted by Crippen LogP contribution is 2.25. The summed E-state index contributed by atoms with van der Waals surface area (Å²) in [7, 11) is 0. The highest BCUT2D eigenvalue weighted by Gasteiger charge is 2.14. The largest absolute Gasteiger partial charge is 0.462 e. The minimum Gasteiger partial charge on any atom is -0.462 e. The van der Waals surface area contributed by atoms with Crippen molar-refractivity contribution in [2.45, 2.75) is 33.7 Å². The molecule has 0 fully saturated rings. The van der Waals surface area contributed by atoms with E-state index >= 15 is 0 Å². The van der Waals surface area contributed by atoms with Gasteiger partial charge < -0.3 is 10.1 Å². The van der Waals surface area contributed by atoms with Gasteiger partial charge in [0.25, 0.3) is 5.56 Å². The number of anilines is 1. The third-order valence-electron chi connectivity index (χ3n) is 4.31. The molecule has 2 aromatic heterocycles. The molecule has 0 saturated heterocycles. The van der Waals surface area contributed by atoms with Gasteiger partial charge in [-0.15, -0.1) is 11.3 Å². The molecular weight excluding hydrogens is 378 g/mol. The molecule has 0 saturated carbocycles. The van der Waals surface area contributed by atoms with Gasteiger partial charge in [-0.05, 0) is 50.1 Å². The first-order chi connectivity index (χ1) is 13.4. The van der Waals surface area contributed by atoms with E-state index in [9.17, 15) is 14.4 Å². The molecule has 0 unspecified atom stereocenters. The second kappa shape index (κ2) is 8.35. The van der Waals surface area contributed by atoms with Crippen LogP contribution in [0.15, 0.2) is 35.4 Å². The molecule has 3 aromatic rings. The van der Waals surface area contributed by atoms with Crippen molar-refractivity contribution >= 4 is 39.1 Å².